The maximum atomic E-state index is 12.1. The molecule has 1 N–H and O–H groups in total. The summed E-state index contributed by atoms with van der Waals surface area (Å²) in [5, 5.41) is 2.70. The Kier molecular flexibility index (Phi) is 4.81. The standard InChI is InChI=1S/C11H15F3N2O2S/c1-15-9-5-3-4-6-10(9)19(17,18)16(2)8-7-11(12,13)14/h3-6,15H,7-8H2,1-2H3. The molecule has 0 bridgehead atoms. The molecule has 1 aromatic rings. The minimum atomic E-state index is -4.38. The number of para-hydroxylation sites is 1. The molecule has 1 rings (SSSR count). The molecule has 19 heavy (non-hydrogen) atoms. The summed E-state index contributed by atoms with van der Waals surface area (Å²) in [6.07, 6.45) is -5.56. The van der Waals surface area contributed by atoms with Crippen LogP contribution >= 0.6 is 0 Å². The molecule has 0 aromatic heterocycles. The topological polar surface area (TPSA) is 49.4 Å². The lowest BCUT2D eigenvalue weighted by Crippen LogP contribution is -2.31. The number of alkyl halides is 3. The zero-order chi connectivity index (χ0) is 14.7. The fourth-order valence-corrected chi connectivity index (χ4v) is 2.84. The van der Waals surface area contributed by atoms with Crippen molar-refractivity contribution in [1.82, 2.24) is 4.31 Å². The summed E-state index contributed by atoms with van der Waals surface area (Å²) < 4.78 is 61.4. The number of hydrogen-bond donors (Lipinski definition) is 1. The highest BCUT2D eigenvalue weighted by molar-refractivity contribution is 7.89. The minimum absolute atomic E-state index is 0.0397. The van der Waals surface area contributed by atoms with Crippen molar-refractivity contribution in [2.75, 3.05) is 26.0 Å². The third-order valence-electron chi connectivity index (χ3n) is 2.55. The molecule has 0 fully saturated rings. The van der Waals surface area contributed by atoms with Crippen LogP contribution in [0.5, 0.6) is 0 Å². The van der Waals surface area contributed by atoms with Crippen LogP contribution in [0.15, 0.2) is 29.2 Å². The molecule has 0 aliphatic carbocycles. The van der Waals surface area contributed by atoms with E-state index >= 15 is 0 Å². The molecule has 0 aliphatic rings. The first-order valence-electron chi connectivity index (χ1n) is 5.48. The van der Waals surface area contributed by atoms with Crippen molar-refractivity contribution in [3.63, 3.8) is 0 Å². The summed E-state index contributed by atoms with van der Waals surface area (Å²) in [6, 6.07) is 6.06. The fraction of sp³-hybridized carbons (Fsp3) is 0.455. The number of nitrogens with zero attached hydrogens (tertiary/aromatic N) is 1. The summed E-state index contributed by atoms with van der Waals surface area (Å²) in [5.74, 6) is 0. The fourth-order valence-electron chi connectivity index (χ4n) is 1.47. The second-order valence-corrected chi connectivity index (χ2v) is 5.95. The second-order valence-electron chi connectivity index (χ2n) is 3.94. The van der Waals surface area contributed by atoms with Gasteiger partial charge >= 0.3 is 6.18 Å². The summed E-state index contributed by atoms with van der Waals surface area (Å²) >= 11 is 0. The maximum absolute atomic E-state index is 12.1. The van der Waals surface area contributed by atoms with Crippen molar-refractivity contribution in [2.24, 2.45) is 0 Å². The number of nitrogens with one attached hydrogen (secondary N) is 1. The van der Waals surface area contributed by atoms with Crippen LogP contribution in [-0.2, 0) is 10.0 Å². The summed E-state index contributed by atoms with van der Waals surface area (Å²) in [5.41, 5.74) is 0.348. The largest absolute Gasteiger partial charge is 0.390 e. The lowest BCUT2D eigenvalue weighted by Gasteiger charge is -2.19. The van der Waals surface area contributed by atoms with E-state index in [4.69, 9.17) is 0 Å². The summed E-state index contributed by atoms with van der Waals surface area (Å²) in [6.45, 7) is -0.607. The molecule has 108 valence electrons. The molecule has 0 heterocycles. The van der Waals surface area contributed by atoms with Crippen LogP contribution in [0.25, 0.3) is 0 Å². The molecule has 0 radical (unpaired) electrons. The van der Waals surface area contributed by atoms with E-state index in [9.17, 15) is 21.6 Å². The Balaban J connectivity index is 2.97. The third-order valence-corrected chi connectivity index (χ3v) is 4.47. The van der Waals surface area contributed by atoms with Gasteiger partial charge in [-0.15, -0.1) is 0 Å². The molecule has 1 aromatic carbocycles. The smallest absolute Gasteiger partial charge is 0.387 e. The van der Waals surface area contributed by atoms with Crippen LogP contribution < -0.4 is 5.32 Å². The van der Waals surface area contributed by atoms with Gasteiger partial charge in [-0.3, -0.25) is 0 Å². The first-order valence-corrected chi connectivity index (χ1v) is 6.92. The molecule has 0 saturated heterocycles. The van der Waals surface area contributed by atoms with Gasteiger partial charge in [0.05, 0.1) is 12.1 Å². The van der Waals surface area contributed by atoms with Gasteiger partial charge in [0.1, 0.15) is 4.90 Å². The number of benzene rings is 1. The molecular formula is C11H15F3N2O2S. The lowest BCUT2D eigenvalue weighted by molar-refractivity contribution is -0.135. The summed E-state index contributed by atoms with van der Waals surface area (Å²) in [4.78, 5) is -0.0397. The molecule has 8 heteroatoms. The Morgan fingerprint density at radius 2 is 1.84 bits per heavy atom. The predicted octanol–water partition coefficient (Wildman–Crippen LogP) is 2.30. The quantitative estimate of drug-likeness (QED) is 0.907. The van der Waals surface area contributed by atoms with Gasteiger partial charge in [0, 0.05) is 20.6 Å². The highest BCUT2D eigenvalue weighted by Crippen LogP contribution is 2.25. The van der Waals surface area contributed by atoms with Crippen molar-refractivity contribution < 1.29 is 21.6 Å². The van der Waals surface area contributed by atoms with Gasteiger partial charge in [-0.1, -0.05) is 12.1 Å². The van der Waals surface area contributed by atoms with Crippen molar-refractivity contribution >= 4 is 15.7 Å². The van der Waals surface area contributed by atoms with E-state index in [-0.39, 0.29) is 4.90 Å². The normalized spacial score (nSPS) is 12.7. The van der Waals surface area contributed by atoms with Gasteiger partial charge < -0.3 is 5.32 Å². The average Bonchev–Trinajstić information content (AvgIpc) is 2.34. The minimum Gasteiger partial charge on any atom is -0.387 e. The number of halogens is 3. The Morgan fingerprint density at radius 3 is 2.37 bits per heavy atom. The Hall–Kier alpha value is -1.28. The number of sulfonamides is 1. The van der Waals surface area contributed by atoms with Crippen LogP contribution in [0, 0.1) is 0 Å². The van der Waals surface area contributed by atoms with E-state index in [1.54, 1.807) is 19.2 Å². The number of hydrogen-bond acceptors (Lipinski definition) is 3. The van der Waals surface area contributed by atoms with Gasteiger partial charge in [0.25, 0.3) is 0 Å². The van der Waals surface area contributed by atoms with Crippen molar-refractivity contribution in [2.45, 2.75) is 17.5 Å². The van der Waals surface area contributed by atoms with E-state index in [1.165, 1.54) is 12.1 Å². The molecular weight excluding hydrogens is 281 g/mol. The first kappa shape index (κ1) is 15.8. The van der Waals surface area contributed by atoms with E-state index < -0.39 is 29.2 Å². The second kappa shape index (κ2) is 5.79. The van der Waals surface area contributed by atoms with Gasteiger partial charge in [0.15, 0.2) is 0 Å². The average molecular weight is 296 g/mol. The summed E-state index contributed by atoms with van der Waals surface area (Å²) in [7, 11) is -1.26. The molecule has 0 saturated carbocycles. The van der Waals surface area contributed by atoms with E-state index in [0.29, 0.717) is 9.99 Å². The predicted molar refractivity (Wildman–Crippen MR) is 66.5 cm³/mol. The van der Waals surface area contributed by atoms with Crippen LogP contribution in [0.4, 0.5) is 18.9 Å². The van der Waals surface area contributed by atoms with Crippen LogP contribution in [0.3, 0.4) is 0 Å². The van der Waals surface area contributed by atoms with Crippen LogP contribution in [-0.4, -0.2) is 39.5 Å². The maximum Gasteiger partial charge on any atom is 0.390 e. The third kappa shape index (κ3) is 4.10. The molecule has 0 amide bonds. The molecule has 0 unspecified atom stereocenters. The van der Waals surface area contributed by atoms with Crippen molar-refractivity contribution in [3.8, 4) is 0 Å². The van der Waals surface area contributed by atoms with E-state index in [1.807, 2.05) is 0 Å². The van der Waals surface area contributed by atoms with Crippen molar-refractivity contribution in [3.05, 3.63) is 24.3 Å². The van der Waals surface area contributed by atoms with E-state index in [2.05, 4.69) is 5.32 Å². The molecule has 0 spiro atoms. The van der Waals surface area contributed by atoms with Crippen LogP contribution in [0.2, 0.25) is 0 Å². The van der Waals surface area contributed by atoms with Gasteiger partial charge in [-0.2, -0.15) is 13.2 Å². The van der Waals surface area contributed by atoms with Gasteiger partial charge in [-0.05, 0) is 12.1 Å². The SMILES string of the molecule is CNc1ccccc1S(=O)(=O)N(C)CCC(F)(F)F. The van der Waals surface area contributed by atoms with Crippen LogP contribution in [0.1, 0.15) is 6.42 Å². The Labute approximate surface area is 110 Å². The number of anilines is 1. The van der Waals surface area contributed by atoms with Crippen molar-refractivity contribution in [1.29, 1.82) is 0 Å². The van der Waals surface area contributed by atoms with Gasteiger partial charge in [-0.25, -0.2) is 12.7 Å². The molecule has 4 nitrogen and oxygen atoms in total. The monoisotopic (exact) mass is 296 g/mol. The van der Waals surface area contributed by atoms with Gasteiger partial charge in [0.2, 0.25) is 10.0 Å². The highest BCUT2D eigenvalue weighted by Gasteiger charge is 2.31. The molecule has 0 atom stereocenters. The zero-order valence-corrected chi connectivity index (χ0v) is 11.3. The Morgan fingerprint density at radius 1 is 1.26 bits per heavy atom. The lowest BCUT2D eigenvalue weighted by atomic mass is 10.3. The Bertz CT molecular complexity index is 529. The molecule has 0 aliphatic heterocycles. The van der Waals surface area contributed by atoms with E-state index in [0.717, 1.165) is 7.05 Å². The first-order chi connectivity index (χ1) is 8.68. The zero-order valence-electron chi connectivity index (χ0n) is 10.5. The highest BCUT2D eigenvalue weighted by atomic mass is 32.2. The number of rotatable bonds is 5.